The van der Waals surface area contributed by atoms with Crippen molar-refractivity contribution < 1.29 is 9.53 Å². The summed E-state index contributed by atoms with van der Waals surface area (Å²) in [5.74, 6) is -0.0951. The standard InChI is InChI=1S/C17H21N3O2/c1-12-9-10-15(22-12)17(21)19-14-11-18-20-16(14)13-7-5-3-2-4-6-8-13/h2-3,5,7-8,11-12,15H,4,6,9-10H2,1H3,(H,18,20)(H,19,21)/b3-2+,7-5?,13-8?. The highest BCUT2D eigenvalue weighted by Gasteiger charge is 2.28. The minimum absolute atomic E-state index is 0.0951. The molecule has 1 aromatic rings. The fourth-order valence-corrected chi connectivity index (χ4v) is 2.73. The average molecular weight is 299 g/mol. The van der Waals surface area contributed by atoms with Crippen LogP contribution in [0.1, 0.15) is 38.3 Å². The third-order valence-corrected chi connectivity index (χ3v) is 3.93. The third kappa shape index (κ3) is 3.36. The Morgan fingerprint density at radius 3 is 3.09 bits per heavy atom. The lowest BCUT2D eigenvalue weighted by molar-refractivity contribution is -0.126. The van der Waals surface area contributed by atoms with Gasteiger partial charge in [0.15, 0.2) is 0 Å². The quantitative estimate of drug-likeness (QED) is 0.900. The molecule has 1 aromatic heterocycles. The summed E-state index contributed by atoms with van der Waals surface area (Å²) in [5, 5.41) is 9.99. The van der Waals surface area contributed by atoms with E-state index < -0.39 is 0 Å². The molecule has 1 aliphatic heterocycles. The van der Waals surface area contributed by atoms with E-state index in [1.165, 1.54) is 0 Å². The molecule has 5 nitrogen and oxygen atoms in total. The van der Waals surface area contributed by atoms with Crippen molar-refractivity contribution in [3.05, 3.63) is 42.3 Å². The van der Waals surface area contributed by atoms with E-state index in [2.05, 4.69) is 27.7 Å². The molecule has 1 aliphatic carbocycles. The number of carbonyl (C=O) groups excluding carboxylic acids is 1. The van der Waals surface area contributed by atoms with Gasteiger partial charge in [0, 0.05) is 0 Å². The number of carbonyl (C=O) groups is 1. The Kier molecular flexibility index (Phi) is 4.53. The van der Waals surface area contributed by atoms with E-state index >= 15 is 0 Å². The van der Waals surface area contributed by atoms with Gasteiger partial charge in [-0.25, -0.2) is 0 Å². The van der Waals surface area contributed by atoms with Crippen LogP contribution in [0.4, 0.5) is 5.69 Å². The summed E-state index contributed by atoms with van der Waals surface area (Å²) in [6.07, 6.45) is 15.5. The number of aromatic amines is 1. The van der Waals surface area contributed by atoms with Gasteiger partial charge in [-0.15, -0.1) is 0 Å². The first-order valence-electron chi connectivity index (χ1n) is 7.77. The van der Waals surface area contributed by atoms with Crippen molar-refractivity contribution in [2.75, 3.05) is 5.32 Å². The first kappa shape index (κ1) is 14.8. The van der Waals surface area contributed by atoms with Crippen LogP contribution in [-0.4, -0.2) is 28.3 Å². The monoisotopic (exact) mass is 299 g/mol. The number of hydrogen-bond acceptors (Lipinski definition) is 3. The Hall–Kier alpha value is -2.14. The highest BCUT2D eigenvalue weighted by Crippen LogP contribution is 2.26. The molecule has 0 bridgehead atoms. The number of amides is 1. The van der Waals surface area contributed by atoms with Crippen molar-refractivity contribution in [3.63, 3.8) is 0 Å². The summed E-state index contributed by atoms with van der Waals surface area (Å²) in [5.41, 5.74) is 2.58. The molecule has 3 rings (SSSR count). The summed E-state index contributed by atoms with van der Waals surface area (Å²) in [4.78, 5) is 12.3. The molecule has 1 fully saturated rings. The molecule has 2 N–H and O–H groups in total. The molecule has 2 atom stereocenters. The average Bonchev–Trinajstić information content (AvgIpc) is 3.08. The molecule has 2 heterocycles. The van der Waals surface area contributed by atoms with Gasteiger partial charge in [0.1, 0.15) is 6.10 Å². The maximum atomic E-state index is 12.3. The maximum Gasteiger partial charge on any atom is 0.253 e. The second kappa shape index (κ2) is 6.75. The van der Waals surface area contributed by atoms with Crippen molar-refractivity contribution >= 4 is 17.2 Å². The molecule has 0 aromatic carbocycles. The predicted octanol–water partition coefficient (Wildman–Crippen LogP) is 3.21. The Labute approximate surface area is 130 Å². The Morgan fingerprint density at radius 1 is 1.36 bits per heavy atom. The topological polar surface area (TPSA) is 67.0 Å². The summed E-state index contributed by atoms with van der Waals surface area (Å²) in [6, 6.07) is 0. The number of allylic oxidation sites excluding steroid dienone is 6. The van der Waals surface area contributed by atoms with Crippen molar-refractivity contribution in [2.24, 2.45) is 0 Å². The van der Waals surface area contributed by atoms with E-state index in [1.54, 1.807) is 6.20 Å². The molecule has 0 spiro atoms. The molecule has 5 heteroatoms. The van der Waals surface area contributed by atoms with Crippen LogP contribution in [0.15, 0.2) is 36.6 Å². The fourth-order valence-electron chi connectivity index (χ4n) is 2.73. The van der Waals surface area contributed by atoms with Crippen molar-refractivity contribution in [1.29, 1.82) is 0 Å². The maximum absolute atomic E-state index is 12.3. The highest BCUT2D eigenvalue weighted by atomic mass is 16.5. The first-order chi connectivity index (χ1) is 10.7. The van der Waals surface area contributed by atoms with Crippen molar-refractivity contribution in [1.82, 2.24) is 10.2 Å². The minimum Gasteiger partial charge on any atom is -0.365 e. The summed E-state index contributed by atoms with van der Waals surface area (Å²) < 4.78 is 5.61. The summed E-state index contributed by atoms with van der Waals surface area (Å²) >= 11 is 0. The van der Waals surface area contributed by atoms with Crippen LogP contribution >= 0.6 is 0 Å². The second-order valence-corrected chi connectivity index (χ2v) is 5.68. The van der Waals surface area contributed by atoms with Gasteiger partial charge in [-0.2, -0.15) is 5.10 Å². The summed E-state index contributed by atoms with van der Waals surface area (Å²) in [6.45, 7) is 1.99. The predicted molar refractivity (Wildman–Crippen MR) is 86.3 cm³/mol. The van der Waals surface area contributed by atoms with E-state index in [0.717, 1.165) is 37.0 Å². The van der Waals surface area contributed by atoms with Gasteiger partial charge in [-0.05, 0) is 38.2 Å². The number of rotatable bonds is 3. The number of H-pyrrole nitrogens is 1. The second-order valence-electron chi connectivity index (χ2n) is 5.68. The van der Waals surface area contributed by atoms with E-state index in [9.17, 15) is 4.79 Å². The van der Waals surface area contributed by atoms with E-state index in [0.29, 0.717) is 5.69 Å². The van der Waals surface area contributed by atoms with E-state index in [-0.39, 0.29) is 18.1 Å². The van der Waals surface area contributed by atoms with Crippen molar-refractivity contribution in [2.45, 2.75) is 44.8 Å². The fraction of sp³-hybridized carbons (Fsp3) is 0.412. The van der Waals surface area contributed by atoms with E-state index in [4.69, 9.17) is 4.74 Å². The lowest BCUT2D eigenvalue weighted by Crippen LogP contribution is -2.27. The van der Waals surface area contributed by atoms with Crippen LogP contribution in [-0.2, 0) is 9.53 Å². The molecule has 0 radical (unpaired) electrons. The smallest absolute Gasteiger partial charge is 0.253 e. The molecule has 116 valence electrons. The lowest BCUT2D eigenvalue weighted by Gasteiger charge is -2.12. The Balaban J connectivity index is 1.74. The molecule has 2 aliphatic rings. The Bertz CT molecular complexity index is 628. The van der Waals surface area contributed by atoms with Crippen LogP contribution in [0.5, 0.6) is 0 Å². The SMILES string of the molecule is CC1CCC(C(=O)Nc2cn[nH]c2C2=CCC/C=C/C=C2)O1. The number of aromatic nitrogens is 2. The van der Waals surface area contributed by atoms with Gasteiger partial charge in [-0.1, -0.05) is 30.4 Å². The largest absolute Gasteiger partial charge is 0.365 e. The number of nitrogens with zero attached hydrogens (tertiary/aromatic N) is 1. The molecule has 0 saturated carbocycles. The minimum atomic E-state index is -0.359. The number of anilines is 1. The Morgan fingerprint density at radius 2 is 2.27 bits per heavy atom. The van der Waals surface area contributed by atoms with Gasteiger partial charge in [0.2, 0.25) is 0 Å². The van der Waals surface area contributed by atoms with Crippen LogP contribution in [0.25, 0.3) is 5.57 Å². The van der Waals surface area contributed by atoms with Crippen LogP contribution < -0.4 is 5.32 Å². The molecule has 22 heavy (non-hydrogen) atoms. The zero-order valence-electron chi connectivity index (χ0n) is 12.7. The van der Waals surface area contributed by atoms with Gasteiger partial charge in [0.25, 0.3) is 5.91 Å². The van der Waals surface area contributed by atoms with Gasteiger partial charge < -0.3 is 10.1 Å². The highest BCUT2D eigenvalue weighted by molar-refractivity contribution is 5.97. The third-order valence-electron chi connectivity index (χ3n) is 3.93. The van der Waals surface area contributed by atoms with Crippen LogP contribution in [0, 0.1) is 0 Å². The molecular weight excluding hydrogens is 278 g/mol. The number of hydrogen-bond donors (Lipinski definition) is 2. The van der Waals surface area contributed by atoms with Gasteiger partial charge in [0.05, 0.1) is 23.7 Å². The van der Waals surface area contributed by atoms with Gasteiger partial charge in [-0.3, -0.25) is 9.89 Å². The number of ether oxygens (including phenoxy) is 1. The van der Waals surface area contributed by atoms with E-state index in [1.807, 2.05) is 25.2 Å². The zero-order chi connectivity index (χ0) is 15.4. The zero-order valence-corrected chi connectivity index (χ0v) is 12.7. The lowest BCUT2D eigenvalue weighted by atomic mass is 10.1. The molecule has 2 unspecified atom stereocenters. The molecule has 1 amide bonds. The molecular formula is C17H21N3O2. The summed E-state index contributed by atoms with van der Waals surface area (Å²) in [7, 11) is 0. The number of nitrogens with one attached hydrogen (secondary N) is 2. The van der Waals surface area contributed by atoms with Crippen LogP contribution in [0.2, 0.25) is 0 Å². The van der Waals surface area contributed by atoms with Gasteiger partial charge >= 0.3 is 0 Å². The first-order valence-corrected chi connectivity index (χ1v) is 7.77. The normalized spacial score (nSPS) is 26.1. The van der Waals surface area contributed by atoms with Crippen LogP contribution in [0.3, 0.4) is 0 Å². The molecule has 1 saturated heterocycles. The van der Waals surface area contributed by atoms with Crippen molar-refractivity contribution in [3.8, 4) is 0 Å².